The van der Waals surface area contributed by atoms with Crippen molar-refractivity contribution in [1.29, 1.82) is 5.26 Å². The van der Waals surface area contributed by atoms with Crippen LogP contribution in [0.15, 0.2) is 44.6 Å². The normalized spacial score (nSPS) is 12.2. The zero-order chi connectivity index (χ0) is 22.3. The molecular formula is C22H19F3N2O2S. The van der Waals surface area contributed by atoms with Crippen molar-refractivity contribution < 1.29 is 17.6 Å². The largest absolute Gasteiger partial charge is 0.423 e. The van der Waals surface area contributed by atoms with Crippen LogP contribution in [0.25, 0.3) is 11.0 Å². The Morgan fingerprint density at radius 1 is 1.17 bits per heavy atom. The van der Waals surface area contributed by atoms with Crippen LogP contribution in [-0.4, -0.2) is 4.98 Å². The van der Waals surface area contributed by atoms with E-state index in [4.69, 9.17) is 4.42 Å². The summed E-state index contributed by atoms with van der Waals surface area (Å²) in [6.07, 6.45) is -4.68. The molecule has 0 unspecified atom stereocenters. The van der Waals surface area contributed by atoms with Gasteiger partial charge in [0, 0.05) is 28.3 Å². The highest BCUT2D eigenvalue weighted by Gasteiger charge is 2.37. The number of rotatable bonds is 3. The first-order valence-electron chi connectivity index (χ1n) is 9.09. The van der Waals surface area contributed by atoms with Crippen molar-refractivity contribution in [3.05, 3.63) is 68.7 Å². The number of hydrogen-bond donors (Lipinski definition) is 0. The lowest BCUT2D eigenvalue weighted by atomic mass is 9.90. The number of nitriles is 1. The first-order chi connectivity index (χ1) is 13.9. The van der Waals surface area contributed by atoms with Crippen LogP contribution >= 0.6 is 11.8 Å². The van der Waals surface area contributed by atoms with Crippen LogP contribution in [-0.2, 0) is 17.3 Å². The Hall–Kier alpha value is -2.79. The molecule has 0 N–H and O–H groups in total. The average molecular weight is 432 g/mol. The zero-order valence-corrected chi connectivity index (χ0v) is 17.7. The molecular weight excluding hydrogens is 413 g/mol. The zero-order valence-electron chi connectivity index (χ0n) is 16.8. The Bertz CT molecular complexity index is 1220. The summed E-state index contributed by atoms with van der Waals surface area (Å²) in [5, 5.41) is 10.1. The molecule has 0 aliphatic heterocycles. The van der Waals surface area contributed by atoms with Gasteiger partial charge in [-0.05, 0) is 30.7 Å². The number of aromatic nitrogens is 1. The molecule has 30 heavy (non-hydrogen) atoms. The predicted octanol–water partition coefficient (Wildman–Crippen LogP) is 5.98. The van der Waals surface area contributed by atoms with Crippen molar-refractivity contribution in [2.75, 3.05) is 0 Å². The molecule has 1 aromatic carbocycles. The van der Waals surface area contributed by atoms with Crippen LogP contribution in [0, 0.1) is 18.3 Å². The van der Waals surface area contributed by atoms with E-state index in [0.717, 1.165) is 23.4 Å². The van der Waals surface area contributed by atoms with E-state index in [0.29, 0.717) is 16.5 Å². The highest BCUT2D eigenvalue weighted by molar-refractivity contribution is 7.98. The second kappa shape index (κ2) is 7.80. The molecule has 0 saturated heterocycles. The lowest BCUT2D eigenvalue weighted by Crippen LogP contribution is -2.18. The maximum Gasteiger partial charge on any atom is 0.417 e. The number of nitrogens with zero attached hydrogens (tertiary/aromatic N) is 2. The molecule has 0 spiro atoms. The van der Waals surface area contributed by atoms with E-state index in [-0.39, 0.29) is 16.5 Å². The van der Waals surface area contributed by atoms with Gasteiger partial charge in [0.1, 0.15) is 16.7 Å². The molecule has 8 heteroatoms. The maximum absolute atomic E-state index is 13.6. The fourth-order valence-electron chi connectivity index (χ4n) is 2.95. The van der Waals surface area contributed by atoms with Gasteiger partial charge < -0.3 is 4.42 Å². The summed E-state index contributed by atoms with van der Waals surface area (Å²) in [6.45, 7) is 7.16. The van der Waals surface area contributed by atoms with Gasteiger partial charge in [-0.25, -0.2) is 9.78 Å². The van der Waals surface area contributed by atoms with Crippen molar-refractivity contribution in [2.45, 2.75) is 50.1 Å². The predicted molar refractivity (Wildman–Crippen MR) is 109 cm³/mol. The summed E-state index contributed by atoms with van der Waals surface area (Å²) >= 11 is 1.00. The Morgan fingerprint density at radius 2 is 1.87 bits per heavy atom. The number of aryl methyl sites for hydroxylation is 1. The standard InChI is InChI=1S/C22H19F3N2O2S/c1-12-5-6-17-14(7-12)13(8-19(28)29-17)11-30-20-15(10-26)16(22(23,24)25)9-18(27-20)21(2,3)4/h5-9H,11H2,1-4H3. The van der Waals surface area contributed by atoms with Gasteiger partial charge in [0.05, 0.1) is 11.1 Å². The minimum absolute atomic E-state index is 0.00806. The van der Waals surface area contributed by atoms with E-state index in [1.54, 1.807) is 39.0 Å². The van der Waals surface area contributed by atoms with Gasteiger partial charge in [-0.2, -0.15) is 18.4 Å². The number of fused-ring (bicyclic) bond motifs is 1. The Kier molecular flexibility index (Phi) is 5.70. The summed E-state index contributed by atoms with van der Waals surface area (Å²) in [4.78, 5) is 16.3. The fraction of sp³-hybridized carbons (Fsp3) is 0.318. The topological polar surface area (TPSA) is 66.9 Å². The lowest BCUT2D eigenvalue weighted by molar-refractivity contribution is -0.138. The Labute approximate surface area is 175 Å². The van der Waals surface area contributed by atoms with Crippen LogP contribution in [0.3, 0.4) is 0 Å². The Morgan fingerprint density at radius 3 is 2.47 bits per heavy atom. The molecule has 2 aromatic heterocycles. The SMILES string of the molecule is Cc1ccc2oc(=O)cc(CSc3nc(C(C)(C)C)cc(C(F)(F)F)c3C#N)c2c1. The molecule has 0 aliphatic carbocycles. The average Bonchev–Trinajstić information content (AvgIpc) is 2.64. The van der Waals surface area contributed by atoms with E-state index in [1.807, 2.05) is 13.0 Å². The quantitative estimate of drug-likeness (QED) is 0.376. The molecule has 3 aromatic rings. The number of alkyl halides is 3. The molecule has 0 radical (unpaired) electrons. The molecule has 3 rings (SSSR count). The van der Waals surface area contributed by atoms with Crippen LogP contribution in [0.1, 0.15) is 48.7 Å². The molecule has 0 aliphatic rings. The van der Waals surface area contributed by atoms with Crippen LogP contribution in [0.2, 0.25) is 0 Å². The third-order valence-electron chi connectivity index (χ3n) is 4.52. The minimum atomic E-state index is -4.68. The Balaban J connectivity index is 2.12. The van der Waals surface area contributed by atoms with E-state index >= 15 is 0 Å². The van der Waals surface area contributed by atoms with Crippen LogP contribution < -0.4 is 5.63 Å². The number of halogens is 3. The summed E-state index contributed by atoms with van der Waals surface area (Å²) in [5.41, 5.74) is -0.496. The molecule has 0 amide bonds. The van der Waals surface area contributed by atoms with Gasteiger partial charge >= 0.3 is 11.8 Å². The van der Waals surface area contributed by atoms with Crippen LogP contribution in [0.5, 0.6) is 0 Å². The minimum Gasteiger partial charge on any atom is -0.423 e. The van der Waals surface area contributed by atoms with Crippen molar-refractivity contribution in [1.82, 2.24) is 4.98 Å². The summed E-state index contributed by atoms with van der Waals surface area (Å²) in [5.74, 6) is 0.165. The van der Waals surface area contributed by atoms with Gasteiger partial charge in [-0.1, -0.05) is 32.4 Å². The van der Waals surface area contributed by atoms with E-state index in [2.05, 4.69) is 4.98 Å². The summed E-state index contributed by atoms with van der Waals surface area (Å²) in [7, 11) is 0. The second-order valence-electron chi connectivity index (χ2n) is 7.97. The molecule has 156 valence electrons. The van der Waals surface area contributed by atoms with E-state index in [9.17, 15) is 23.2 Å². The molecule has 2 heterocycles. The molecule has 0 fully saturated rings. The van der Waals surface area contributed by atoms with E-state index in [1.165, 1.54) is 6.07 Å². The molecule has 0 atom stereocenters. The van der Waals surface area contributed by atoms with Gasteiger partial charge in [-0.15, -0.1) is 11.8 Å². The summed E-state index contributed by atoms with van der Waals surface area (Å²) < 4.78 is 46.0. The first-order valence-corrected chi connectivity index (χ1v) is 10.1. The van der Waals surface area contributed by atoms with Crippen LogP contribution in [0.4, 0.5) is 13.2 Å². The fourth-order valence-corrected chi connectivity index (χ4v) is 3.94. The second-order valence-corrected chi connectivity index (χ2v) is 8.94. The maximum atomic E-state index is 13.6. The molecule has 0 saturated carbocycles. The number of pyridine rings is 1. The van der Waals surface area contributed by atoms with Crippen molar-refractivity contribution in [3.63, 3.8) is 0 Å². The van der Waals surface area contributed by atoms with Crippen molar-refractivity contribution in [3.8, 4) is 6.07 Å². The third kappa shape index (κ3) is 4.51. The number of benzene rings is 1. The molecule has 4 nitrogen and oxygen atoms in total. The number of hydrogen-bond acceptors (Lipinski definition) is 5. The smallest absolute Gasteiger partial charge is 0.417 e. The highest BCUT2D eigenvalue weighted by Crippen LogP contribution is 2.39. The monoisotopic (exact) mass is 432 g/mol. The van der Waals surface area contributed by atoms with E-state index < -0.39 is 28.3 Å². The lowest BCUT2D eigenvalue weighted by Gasteiger charge is -2.21. The van der Waals surface area contributed by atoms with Gasteiger partial charge in [0.15, 0.2) is 0 Å². The molecule has 0 bridgehead atoms. The number of thioether (sulfide) groups is 1. The van der Waals surface area contributed by atoms with Gasteiger partial charge in [0.2, 0.25) is 0 Å². The van der Waals surface area contributed by atoms with Crippen molar-refractivity contribution in [2.24, 2.45) is 0 Å². The van der Waals surface area contributed by atoms with Crippen molar-refractivity contribution >= 4 is 22.7 Å². The van der Waals surface area contributed by atoms with Gasteiger partial charge in [0.25, 0.3) is 0 Å². The highest BCUT2D eigenvalue weighted by atomic mass is 32.2. The third-order valence-corrected chi connectivity index (χ3v) is 5.54. The summed E-state index contributed by atoms with van der Waals surface area (Å²) in [6, 6.07) is 9.26. The first kappa shape index (κ1) is 21.9. The van der Waals surface area contributed by atoms with Gasteiger partial charge in [-0.3, -0.25) is 0 Å².